The van der Waals surface area contributed by atoms with Gasteiger partial charge in [-0.1, -0.05) is 12.1 Å². The minimum atomic E-state index is -2.87. The molecule has 0 aliphatic heterocycles. The topological polar surface area (TPSA) is 72.6 Å². The molecule has 0 amide bonds. The van der Waals surface area contributed by atoms with Gasteiger partial charge in [-0.2, -0.15) is 8.78 Å². The number of rotatable bonds is 6. The summed E-state index contributed by atoms with van der Waals surface area (Å²) >= 11 is 0. The molecule has 1 heterocycles. The Hall–Kier alpha value is -3.22. The summed E-state index contributed by atoms with van der Waals surface area (Å²) in [7, 11) is 0. The molecule has 0 aliphatic carbocycles. The van der Waals surface area contributed by atoms with E-state index in [0.717, 1.165) is 0 Å². The van der Waals surface area contributed by atoms with E-state index in [1.165, 1.54) is 18.3 Å². The number of aliphatic carboxylic acids is 1. The molecule has 0 aliphatic rings. The summed E-state index contributed by atoms with van der Waals surface area (Å²) in [6.45, 7) is -2.87. The molecule has 0 fully saturated rings. The molecule has 5 nitrogen and oxygen atoms in total. The van der Waals surface area contributed by atoms with Gasteiger partial charge >= 0.3 is 12.6 Å². The van der Waals surface area contributed by atoms with Crippen molar-refractivity contribution in [3.05, 3.63) is 60.3 Å². The number of oxazole rings is 1. The molecule has 128 valence electrons. The highest BCUT2D eigenvalue weighted by Crippen LogP contribution is 2.28. The van der Waals surface area contributed by atoms with E-state index in [2.05, 4.69) is 9.72 Å². The molecule has 3 rings (SSSR count). The second-order valence-electron chi connectivity index (χ2n) is 5.20. The molecule has 0 unspecified atom stereocenters. The fourth-order valence-corrected chi connectivity index (χ4v) is 2.28. The number of hydrogen-bond donors (Lipinski definition) is 1. The Morgan fingerprint density at radius 2 is 1.72 bits per heavy atom. The van der Waals surface area contributed by atoms with Gasteiger partial charge in [-0.25, -0.2) is 4.98 Å². The summed E-state index contributed by atoms with van der Waals surface area (Å²) in [5.74, 6) is 0.0240. The van der Waals surface area contributed by atoms with Gasteiger partial charge in [0.15, 0.2) is 5.76 Å². The van der Waals surface area contributed by atoms with Crippen LogP contribution in [0.3, 0.4) is 0 Å². The van der Waals surface area contributed by atoms with Gasteiger partial charge in [-0.15, -0.1) is 0 Å². The third kappa shape index (κ3) is 4.20. The van der Waals surface area contributed by atoms with Crippen LogP contribution in [0.25, 0.3) is 22.8 Å². The van der Waals surface area contributed by atoms with Crippen LogP contribution in [0.15, 0.2) is 59.1 Å². The summed E-state index contributed by atoms with van der Waals surface area (Å²) < 4.78 is 34.3. The zero-order chi connectivity index (χ0) is 17.8. The molecule has 2 aromatic carbocycles. The van der Waals surface area contributed by atoms with E-state index in [9.17, 15) is 13.6 Å². The van der Waals surface area contributed by atoms with Crippen LogP contribution in [0, 0.1) is 0 Å². The van der Waals surface area contributed by atoms with Crippen LogP contribution < -0.4 is 4.74 Å². The van der Waals surface area contributed by atoms with Crippen LogP contribution in [0.2, 0.25) is 0 Å². The van der Waals surface area contributed by atoms with Gasteiger partial charge in [0.25, 0.3) is 0 Å². The van der Waals surface area contributed by atoms with Crippen molar-refractivity contribution in [3.8, 4) is 28.5 Å². The van der Waals surface area contributed by atoms with Gasteiger partial charge in [-0.3, -0.25) is 4.79 Å². The third-order valence-corrected chi connectivity index (χ3v) is 3.43. The molecule has 25 heavy (non-hydrogen) atoms. The van der Waals surface area contributed by atoms with Crippen LogP contribution in [-0.4, -0.2) is 22.7 Å². The summed E-state index contributed by atoms with van der Waals surface area (Å²) in [4.78, 5) is 14.9. The van der Waals surface area contributed by atoms with Gasteiger partial charge in [-0.05, 0) is 42.0 Å². The van der Waals surface area contributed by atoms with Crippen molar-refractivity contribution in [1.29, 1.82) is 0 Å². The lowest BCUT2D eigenvalue weighted by molar-refractivity contribution is -0.136. The van der Waals surface area contributed by atoms with Crippen molar-refractivity contribution in [2.45, 2.75) is 13.0 Å². The Morgan fingerprint density at radius 1 is 1.08 bits per heavy atom. The number of carbonyl (C=O) groups is 1. The summed E-state index contributed by atoms with van der Waals surface area (Å²) in [5, 5.41) is 8.77. The maximum absolute atomic E-state index is 12.2. The second kappa shape index (κ2) is 7.12. The molecule has 0 spiro atoms. The first-order chi connectivity index (χ1) is 12.0. The lowest BCUT2D eigenvalue weighted by Crippen LogP contribution is -2.01. The number of ether oxygens (including phenoxy) is 1. The molecule has 0 bridgehead atoms. The molecule has 0 saturated heterocycles. The minimum Gasteiger partial charge on any atom is -0.481 e. The first-order valence-electron chi connectivity index (χ1n) is 7.33. The maximum atomic E-state index is 12.2. The summed E-state index contributed by atoms with van der Waals surface area (Å²) in [6.07, 6.45) is 1.48. The number of benzene rings is 2. The first kappa shape index (κ1) is 16.6. The molecule has 0 saturated carbocycles. The molecule has 0 atom stereocenters. The van der Waals surface area contributed by atoms with Crippen LogP contribution in [0.4, 0.5) is 8.78 Å². The Morgan fingerprint density at radius 3 is 2.32 bits per heavy atom. The molecular weight excluding hydrogens is 332 g/mol. The number of nitrogens with zero attached hydrogens (tertiary/aromatic N) is 1. The highest BCUT2D eigenvalue weighted by atomic mass is 19.3. The minimum absolute atomic E-state index is 0.0514. The fourth-order valence-electron chi connectivity index (χ4n) is 2.28. The van der Waals surface area contributed by atoms with Gasteiger partial charge in [0.1, 0.15) is 5.75 Å². The van der Waals surface area contributed by atoms with E-state index >= 15 is 0 Å². The lowest BCUT2D eigenvalue weighted by atomic mass is 10.1. The van der Waals surface area contributed by atoms with Crippen molar-refractivity contribution in [2.75, 3.05) is 0 Å². The van der Waals surface area contributed by atoms with E-state index in [1.54, 1.807) is 36.4 Å². The fraction of sp³-hybridized carbons (Fsp3) is 0.111. The zero-order valence-corrected chi connectivity index (χ0v) is 12.9. The predicted octanol–water partition coefficient (Wildman–Crippen LogP) is 4.24. The number of alkyl halides is 2. The lowest BCUT2D eigenvalue weighted by Gasteiger charge is -2.04. The smallest absolute Gasteiger partial charge is 0.387 e. The number of carboxylic acid groups (broad SMARTS) is 1. The SMILES string of the molecule is O=C(O)Cc1ccc(-c2ncc(-c3ccc(OC(F)F)cc3)o2)cc1. The quantitative estimate of drug-likeness (QED) is 0.723. The van der Waals surface area contributed by atoms with Gasteiger partial charge in [0.2, 0.25) is 5.89 Å². The van der Waals surface area contributed by atoms with Crippen molar-refractivity contribution in [1.82, 2.24) is 4.98 Å². The molecule has 1 aromatic heterocycles. The Balaban J connectivity index is 1.76. The van der Waals surface area contributed by atoms with Gasteiger partial charge in [0.05, 0.1) is 12.6 Å². The average Bonchev–Trinajstić information content (AvgIpc) is 3.05. The standard InChI is InChI=1S/C18H13F2NO4/c19-18(20)24-14-7-5-12(6-8-14)15-10-21-17(25-15)13-3-1-11(2-4-13)9-16(22)23/h1-8,10,18H,9H2,(H,22,23). The number of halogens is 2. The number of aromatic nitrogens is 1. The average molecular weight is 345 g/mol. The van der Waals surface area contributed by atoms with E-state index in [1.807, 2.05) is 0 Å². The van der Waals surface area contributed by atoms with Crippen LogP contribution >= 0.6 is 0 Å². The monoisotopic (exact) mass is 345 g/mol. The molecule has 0 radical (unpaired) electrons. The highest BCUT2D eigenvalue weighted by Gasteiger charge is 2.10. The first-order valence-corrected chi connectivity index (χ1v) is 7.33. The van der Waals surface area contributed by atoms with E-state index in [-0.39, 0.29) is 12.2 Å². The van der Waals surface area contributed by atoms with Crippen LogP contribution in [-0.2, 0) is 11.2 Å². The van der Waals surface area contributed by atoms with Crippen LogP contribution in [0.5, 0.6) is 5.75 Å². The predicted molar refractivity (Wildman–Crippen MR) is 85.3 cm³/mol. The maximum Gasteiger partial charge on any atom is 0.387 e. The highest BCUT2D eigenvalue weighted by molar-refractivity contribution is 5.70. The Bertz CT molecular complexity index is 858. The van der Waals surface area contributed by atoms with Crippen molar-refractivity contribution in [2.24, 2.45) is 0 Å². The number of carboxylic acids is 1. The Labute approximate surface area is 141 Å². The van der Waals surface area contributed by atoms with E-state index in [0.29, 0.717) is 28.3 Å². The molecular formula is C18H13F2NO4. The van der Waals surface area contributed by atoms with Crippen LogP contribution in [0.1, 0.15) is 5.56 Å². The summed E-state index contributed by atoms with van der Waals surface area (Å²) in [5.41, 5.74) is 2.05. The molecule has 7 heteroatoms. The second-order valence-corrected chi connectivity index (χ2v) is 5.20. The van der Waals surface area contributed by atoms with Gasteiger partial charge in [0, 0.05) is 11.1 Å². The Kier molecular flexibility index (Phi) is 4.74. The van der Waals surface area contributed by atoms with E-state index < -0.39 is 12.6 Å². The zero-order valence-electron chi connectivity index (χ0n) is 12.9. The van der Waals surface area contributed by atoms with E-state index in [4.69, 9.17) is 9.52 Å². The normalized spacial score (nSPS) is 10.8. The largest absolute Gasteiger partial charge is 0.481 e. The molecule has 3 aromatic rings. The summed E-state index contributed by atoms with van der Waals surface area (Å²) in [6, 6.07) is 12.9. The van der Waals surface area contributed by atoms with Gasteiger partial charge < -0.3 is 14.3 Å². The van der Waals surface area contributed by atoms with Crippen molar-refractivity contribution >= 4 is 5.97 Å². The van der Waals surface area contributed by atoms with Crippen molar-refractivity contribution < 1.29 is 27.8 Å². The van der Waals surface area contributed by atoms with Crippen molar-refractivity contribution in [3.63, 3.8) is 0 Å². The molecule has 1 N–H and O–H groups in total. The third-order valence-electron chi connectivity index (χ3n) is 3.43. The number of hydrogen-bond acceptors (Lipinski definition) is 4.